The standard InChI is InChI=1S/C54H34N4/c1-2-16-35(17-3-1)55(47-29-10-11-30-48(47)57-44-26-7-4-20-38(44)39-21-5-8-27-45(39)57)36-18-12-19-37(34-36)56-49-31-14-23-41-43-25-13-24-42-40-22-6-9-28-46(40)58(54(42)43)51-33-15-32-50(56)53(51)52(41)49/h1-34H. The summed E-state index contributed by atoms with van der Waals surface area (Å²) in [6.45, 7) is 0. The molecule has 0 spiro atoms. The van der Waals surface area contributed by atoms with Gasteiger partial charge in [0.05, 0.1) is 50.0 Å². The Hall–Kier alpha value is -7.82. The van der Waals surface area contributed by atoms with Crippen molar-refractivity contribution < 1.29 is 0 Å². The van der Waals surface area contributed by atoms with Crippen molar-refractivity contribution in [1.29, 1.82) is 0 Å². The molecule has 4 nitrogen and oxygen atoms in total. The highest BCUT2D eigenvalue weighted by atomic mass is 15.2. The molecule has 13 rings (SSSR count). The lowest BCUT2D eigenvalue weighted by atomic mass is 10.0. The molecule has 4 heterocycles. The molecule has 0 aliphatic heterocycles. The highest BCUT2D eigenvalue weighted by Gasteiger charge is 2.24. The molecule has 270 valence electrons. The third kappa shape index (κ3) is 4.18. The SMILES string of the molecule is c1ccc(N(c2cccc(-n3c4cccc5c6cccc7c8ccccc8n(c8cccc3c8c54)c67)c2)c2ccccc2-n2c3ccccc3c3ccccc32)cc1. The van der Waals surface area contributed by atoms with Gasteiger partial charge in [-0.1, -0.05) is 127 Å². The summed E-state index contributed by atoms with van der Waals surface area (Å²) < 4.78 is 7.40. The van der Waals surface area contributed by atoms with Crippen LogP contribution in [-0.4, -0.2) is 13.5 Å². The second kappa shape index (κ2) is 11.8. The number of fused-ring (bicyclic) bond motifs is 8. The van der Waals surface area contributed by atoms with E-state index in [1.54, 1.807) is 0 Å². The summed E-state index contributed by atoms with van der Waals surface area (Å²) in [5.41, 5.74) is 14.0. The molecule has 9 aromatic carbocycles. The quantitative estimate of drug-likeness (QED) is 0.172. The number of hydrogen-bond donors (Lipinski definition) is 0. The lowest BCUT2D eigenvalue weighted by molar-refractivity contribution is 1.14. The van der Waals surface area contributed by atoms with Crippen molar-refractivity contribution in [2.24, 2.45) is 0 Å². The summed E-state index contributed by atoms with van der Waals surface area (Å²) in [4.78, 5) is 2.41. The Morgan fingerprint density at radius 2 is 0.810 bits per heavy atom. The second-order valence-electron chi connectivity index (χ2n) is 15.3. The number of rotatable bonds is 5. The monoisotopic (exact) mass is 738 g/mol. The van der Waals surface area contributed by atoms with Crippen molar-refractivity contribution in [3.8, 4) is 11.4 Å². The Labute approximate surface area is 333 Å². The van der Waals surface area contributed by atoms with E-state index in [1.165, 1.54) is 81.7 Å². The summed E-state index contributed by atoms with van der Waals surface area (Å²) in [7, 11) is 0. The van der Waals surface area contributed by atoms with Crippen LogP contribution in [0.2, 0.25) is 0 Å². The molecule has 0 bridgehead atoms. The Balaban J connectivity index is 1.09. The highest BCUT2D eigenvalue weighted by Crippen LogP contribution is 2.46. The van der Waals surface area contributed by atoms with Crippen LogP contribution in [0.15, 0.2) is 206 Å². The van der Waals surface area contributed by atoms with Crippen LogP contribution in [0.25, 0.3) is 93.1 Å². The van der Waals surface area contributed by atoms with Crippen molar-refractivity contribution in [1.82, 2.24) is 13.5 Å². The van der Waals surface area contributed by atoms with Crippen molar-refractivity contribution in [2.75, 3.05) is 4.90 Å². The predicted octanol–water partition coefficient (Wildman–Crippen LogP) is 14.5. The molecule has 0 aliphatic carbocycles. The van der Waals surface area contributed by atoms with Crippen LogP contribution >= 0.6 is 0 Å². The molecule has 4 heteroatoms. The van der Waals surface area contributed by atoms with Crippen LogP contribution in [0.1, 0.15) is 0 Å². The first-order valence-corrected chi connectivity index (χ1v) is 20.0. The Bertz CT molecular complexity index is 3700. The van der Waals surface area contributed by atoms with Gasteiger partial charge in [0, 0.05) is 54.8 Å². The average Bonchev–Trinajstić information content (AvgIpc) is 3.90. The minimum atomic E-state index is 1.08. The van der Waals surface area contributed by atoms with Crippen LogP contribution < -0.4 is 4.90 Å². The summed E-state index contributed by atoms with van der Waals surface area (Å²) in [5.74, 6) is 0. The lowest BCUT2D eigenvalue weighted by Crippen LogP contribution is -2.13. The Kier molecular flexibility index (Phi) is 6.41. The highest BCUT2D eigenvalue weighted by molar-refractivity contribution is 6.31. The number of anilines is 3. The molecular weight excluding hydrogens is 705 g/mol. The van der Waals surface area contributed by atoms with E-state index in [4.69, 9.17) is 0 Å². The minimum Gasteiger partial charge on any atom is -0.309 e. The molecule has 0 saturated carbocycles. The van der Waals surface area contributed by atoms with Crippen molar-refractivity contribution in [2.45, 2.75) is 0 Å². The van der Waals surface area contributed by atoms with E-state index in [0.29, 0.717) is 0 Å². The third-order valence-corrected chi connectivity index (χ3v) is 12.3. The zero-order chi connectivity index (χ0) is 37.9. The van der Waals surface area contributed by atoms with Crippen LogP contribution in [0.5, 0.6) is 0 Å². The molecule has 0 aliphatic rings. The predicted molar refractivity (Wildman–Crippen MR) is 244 cm³/mol. The second-order valence-corrected chi connectivity index (χ2v) is 15.3. The maximum Gasteiger partial charge on any atom is 0.0702 e. The fourth-order valence-corrected chi connectivity index (χ4v) is 10.1. The third-order valence-electron chi connectivity index (χ3n) is 12.3. The van der Waals surface area contributed by atoms with E-state index in [1.807, 2.05) is 0 Å². The first kappa shape index (κ1) is 31.4. The number of aromatic nitrogens is 3. The largest absolute Gasteiger partial charge is 0.309 e. The fourth-order valence-electron chi connectivity index (χ4n) is 10.1. The normalized spacial score (nSPS) is 12.1. The molecule has 0 unspecified atom stereocenters. The number of benzene rings is 9. The number of nitrogens with zero attached hydrogens (tertiary/aromatic N) is 4. The van der Waals surface area contributed by atoms with Crippen molar-refractivity contribution >= 4 is 98.8 Å². The Morgan fingerprint density at radius 3 is 1.59 bits per heavy atom. The average molecular weight is 739 g/mol. The van der Waals surface area contributed by atoms with E-state index < -0.39 is 0 Å². The summed E-state index contributed by atoms with van der Waals surface area (Å²) >= 11 is 0. The lowest BCUT2D eigenvalue weighted by Gasteiger charge is -2.28. The molecule has 0 amide bonds. The van der Waals surface area contributed by atoms with Gasteiger partial charge in [-0.05, 0) is 84.2 Å². The molecule has 0 atom stereocenters. The van der Waals surface area contributed by atoms with E-state index >= 15 is 0 Å². The van der Waals surface area contributed by atoms with Crippen LogP contribution in [0.4, 0.5) is 17.1 Å². The topological polar surface area (TPSA) is 17.5 Å². The molecule has 13 aromatic rings. The van der Waals surface area contributed by atoms with Gasteiger partial charge >= 0.3 is 0 Å². The molecule has 0 radical (unpaired) electrons. The molecule has 0 fully saturated rings. The van der Waals surface area contributed by atoms with Crippen LogP contribution in [0.3, 0.4) is 0 Å². The van der Waals surface area contributed by atoms with Gasteiger partial charge in [0.1, 0.15) is 0 Å². The van der Waals surface area contributed by atoms with Gasteiger partial charge in [0.15, 0.2) is 0 Å². The molecular formula is C54H34N4. The minimum absolute atomic E-state index is 1.08. The molecule has 58 heavy (non-hydrogen) atoms. The van der Waals surface area contributed by atoms with Crippen LogP contribution in [0, 0.1) is 0 Å². The van der Waals surface area contributed by atoms with Gasteiger partial charge in [0.2, 0.25) is 0 Å². The number of para-hydroxylation sites is 7. The van der Waals surface area contributed by atoms with Gasteiger partial charge in [-0.25, -0.2) is 0 Å². The van der Waals surface area contributed by atoms with Crippen LogP contribution in [-0.2, 0) is 0 Å². The maximum absolute atomic E-state index is 2.51. The first-order chi connectivity index (χ1) is 28.8. The first-order valence-electron chi connectivity index (χ1n) is 20.0. The number of hydrogen-bond acceptors (Lipinski definition) is 1. The van der Waals surface area contributed by atoms with Gasteiger partial charge in [0.25, 0.3) is 0 Å². The van der Waals surface area contributed by atoms with Crippen molar-refractivity contribution in [3.63, 3.8) is 0 Å². The van der Waals surface area contributed by atoms with E-state index in [-0.39, 0.29) is 0 Å². The van der Waals surface area contributed by atoms with Gasteiger partial charge in [-0.3, -0.25) is 0 Å². The molecule has 4 aromatic heterocycles. The molecule has 0 N–H and O–H groups in total. The zero-order valence-electron chi connectivity index (χ0n) is 31.4. The van der Waals surface area contributed by atoms with Crippen molar-refractivity contribution in [3.05, 3.63) is 206 Å². The summed E-state index contributed by atoms with van der Waals surface area (Å²) in [6, 6.07) is 75.4. The van der Waals surface area contributed by atoms with E-state index in [2.05, 4.69) is 225 Å². The smallest absolute Gasteiger partial charge is 0.0702 e. The van der Waals surface area contributed by atoms with Gasteiger partial charge in [-0.15, -0.1) is 0 Å². The maximum atomic E-state index is 2.51. The zero-order valence-corrected chi connectivity index (χ0v) is 31.4. The van der Waals surface area contributed by atoms with E-state index in [0.717, 1.165) is 28.4 Å². The summed E-state index contributed by atoms with van der Waals surface area (Å²) in [5, 5.41) is 10.1. The fraction of sp³-hybridized carbons (Fsp3) is 0. The van der Waals surface area contributed by atoms with Gasteiger partial charge in [-0.2, -0.15) is 0 Å². The Morgan fingerprint density at radius 1 is 0.310 bits per heavy atom. The van der Waals surface area contributed by atoms with Gasteiger partial charge < -0.3 is 18.4 Å². The van der Waals surface area contributed by atoms with E-state index in [9.17, 15) is 0 Å². The molecule has 0 saturated heterocycles. The summed E-state index contributed by atoms with van der Waals surface area (Å²) in [6.07, 6.45) is 0.